The summed E-state index contributed by atoms with van der Waals surface area (Å²) in [5, 5.41) is 8.67. The van der Waals surface area contributed by atoms with Crippen molar-refractivity contribution in [3.8, 4) is 0 Å². The molecular weight excluding hydrogens is 298 g/mol. The highest BCUT2D eigenvalue weighted by Gasteiger charge is 2.19. The molecule has 1 aromatic heterocycles. The average Bonchev–Trinajstić information content (AvgIpc) is 2.71. The van der Waals surface area contributed by atoms with E-state index in [1.54, 1.807) is 0 Å². The van der Waals surface area contributed by atoms with Crippen molar-refractivity contribution in [2.75, 3.05) is 6.54 Å². The molecule has 0 amide bonds. The van der Waals surface area contributed by atoms with Crippen LogP contribution in [0.4, 0.5) is 0 Å². The van der Waals surface area contributed by atoms with Gasteiger partial charge in [0.1, 0.15) is 4.21 Å². The molecule has 1 aromatic rings. The molecule has 1 atom stereocenters. The molecule has 0 saturated heterocycles. The lowest BCUT2D eigenvalue weighted by atomic mass is 10.0. The van der Waals surface area contributed by atoms with Gasteiger partial charge in [0.2, 0.25) is 10.0 Å². The number of thiophene rings is 1. The predicted molar refractivity (Wildman–Crippen MR) is 70.6 cm³/mol. The van der Waals surface area contributed by atoms with Crippen LogP contribution >= 0.6 is 22.9 Å². The Kier molecular flexibility index (Phi) is 5.58. The third-order valence-electron chi connectivity index (χ3n) is 2.42. The van der Waals surface area contributed by atoms with Crippen LogP contribution < -0.4 is 4.72 Å². The van der Waals surface area contributed by atoms with Crippen LogP contribution in [0.5, 0.6) is 0 Å². The monoisotopic (exact) mass is 311 g/mol. The summed E-state index contributed by atoms with van der Waals surface area (Å²) in [6.07, 6.45) is 0.546. The van der Waals surface area contributed by atoms with Crippen molar-refractivity contribution in [3.05, 3.63) is 16.5 Å². The van der Waals surface area contributed by atoms with Crippen molar-refractivity contribution < 1.29 is 18.3 Å². The van der Waals surface area contributed by atoms with Gasteiger partial charge in [-0.2, -0.15) is 0 Å². The van der Waals surface area contributed by atoms with Gasteiger partial charge < -0.3 is 5.11 Å². The van der Waals surface area contributed by atoms with Gasteiger partial charge in [-0.1, -0.05) is 24.9 Å². The zero-order chi connectivity index (χ0) is 13.8. The predicted octanol–water partition coefficient (Wildman–Crippen LogP) is 2.18. The molecule has 0 aliphatic carbocycles. The second kappa shape index (κ2) is 6.51. The summed E-state index contributed by atoms with van der Waals surface area (Å²) in [5.41, 5.74) is 0. The van der Waals surface area contributed by atoms with E-state index < -0.39 is 16.0 Å². The maximum Gasteiger partial charge on any atom is 0.303 e. The zero-order valence-corrected chi connectivity index (χ0v) is 12.1. The van der Waals surface area contributed by atoms with Gasteiger partial charge in [-0.25, -0.2) is 13.1 Å². The minimum atomic E-state index is -3.59. The third-order valence-corrected chi connectivity index (χ3v) is 5.56. The maximum atomic E-state index is 11.8. The van der Waals surface area contributed by atoms with E-state index in [2.05, 4.69) is 4.72 Å². The molecule has 102 valence electrons. The molecule has 0 bridgehead atoms. The van der Waals surface area contributed by atoms with Crippen LogP contribution in [-0.4, -0.2) is 26.0 Å². The van der Waals surface area contributed by atoms with Crippen LogP contribution in [0, 0.1) is 5.92 Å². The summed E-state index contributed by atoms with van der Waals surface area (Å²) in [7, 11) is -3.59. The number of halogens is 1. The minimum Gasteiger partial charge on any atom is -0.481 e. The molecule has 1 unspecified atom stereocenters. The molecule has 0 aliphatic heterocycles. The van der Waals surface area contributed by atoms with Gasteiger partial charge in [-0.05, 0) is 18.1 Å². The Morgan fingerprint density at radius 3 is 2.67 bits per heavy atom. The number of aliphatic carboxylic acids is 1. The van der Waals surface area contributed by atoms with E-state index in [0.717, 1.165) is 11.3 Å². The number of carboxylic acid groups (broad SMARTS) is 1. The Morgan fingerprint density at radius 1 is 1.56 bits per heavy atom. The molecule has 0 aliphatic rings. The molecule has 18 heavy (non-hydrogen) atoms. The Balaban J connectivity index is 2.64. The SMILES string of the molecule is CCC(CNS(=O)(=O)c1ccc(Cl)s1)CC(=O)O. The second-order valence-corrected chi connectivity index (χ2v) is 7.49. The lowest BCUT2D eigenvalue weighted by Gasteiger charge is -2.12. The van der Waals surface area contributed by atoms with Crippen molar-refractivity contribution in [3.63, 3.8) is 0 Å². The number of hydrogen-bond acceptors (Lipinski definition) is 4. The molecule has 0 spiro atoms. The standard InChI is InChI=1S/C10H14ClNO4S2/c1-2-7(5-9(13)14)6-12-18(15,16)10-4-3-8(11)17-10/h3-4,7,12H,2,5-6H2,1H3,(H,13,14). The van der Waals surface area contributed by atoms with Crippen LogP contribution in [0.25, 0.3) is 0 Å². The Morgan fingerprint density at radius 2 is 2.22 bits per heavy atom. The van der Waals surface area contributed by atoms with E-state index >= 15 is 0 Å². The maximum absolute atomic E-state index is 11.8. The van der Waals surface area contributed by atoms with Gasteiger partial charge in [0.05, 0.1) is 4.34 Å². The first kappa shape index (κ1) is 15.4. The van der Waals surface area contributed by atoms with E-state index in [9.17, 15) is 13.2 Å². The summed E-state index contributed by atoms with van der Waals surface area (Å²) in [6.45, 7) is 1.94. The quantitative estimate of drug-likeness (QED) is 0.808. The fourth-order valence-electron chi connectivity index (χ4n) is 1.35. The lowest BCUT2D eigenvalue weighted by molar-refractivity contribution is -0.138. The molecule has 0 aromatic carbocycles. The molecular formula is C10H14ClNO4S2. The Bertz CT molecular complexity index is 512. The minimum absolute atomic E-state index is 0.0514. The second-order valence-electron chi connectivity index (χ2n) is 3.78. The van der Waals surface area contributed by atoms with Crippen molar-refractivity contribution in [1.82, 2.24) is 4.72 Å². The van der Waals surface area contributed by atoms with Gasteiger partial charge in [0.15, 0.2) is 0 Å². The smallest absolute Gasteiger partial charge is 0.303 e. The number of nitrogens with one attached hydrogen (secondary N) is 1. The van der Waals surface area contributed by atoms with Crippen LogP contribution in [0.1, 0.15) is 19.8 Å². The highest BCUT2D eigenvalue weighted by Crippen LogP contribution is 2.25. The zero-order valence-electron chi connectivity index (χ0n) is 9.72. The fourth-order valence-corrected chi connectivity index (χ4v) is 3.99. The summed E-state index contributed by atoms with van der Waals surface area (Å²) < 4.78 is 26.6. The summed E-state index contributed by atoms with van der Waals surface area (Å²) in [4.78, 5) is 10.6. The van der Waals surface area contributed by atoms with Crippen molar-refractivity contribution in [2.24, 2.45) is 5.92 Å². The van der Waals surface area contributed by atoms with E-state index in [-0.39, 0.29) is 23.1 Å². The van der Waals surface area contributed by atoms with Crippen molar-refractivity contribution in [1.29, 1.82) is 0 Å². The van der Waals surface area contributed by atoms with E-state index in [1.165, 1.54) is 12.1 Å². The third kappa shape index (κ3) is 4.56. The number of carboxylic acids is 1. The average molecular weight is 312 g/mol. The fraction of sp³-hybridized carbons (Fsp3) is 0.500. The first-order valence-electron chi connectivity index (χ1n) is 5.32. The van der Waals surface area contributed by atoms with Gasteiger partial charge in [-0.15, -0.1) is 11.3 Å². The molecule has 1 rings (SSSR count). The largest absolute Gasteiger partial charge is 0.481 e. The van der Waals surface area contributed by atoms with E-state index in [1.807, 2.05) is 6.92 Å². The molecule has 5 nitrogen and oxygen atoms in total. The van der Waals surface area contributed by atoms with Crippen LogP contribution in [0.2, 0.25) is 4.34 Å². The molecule has 2 N–H and O–H groups in total. The van der Waals surface area contributed by atoms with Gasteiger partial charge >= 0.3 is 5.97 Å². The van der Waals surface area contributed by atoms with Gasteiger partial charge in [-0.3, -0.25) is 4.79 Å². The molecule has 1 heterocycles. The number of carbonyl (C=O) groups is 1. The number of hydrogen-bond donors (Lipinski definition) is 2. The topological polar surface area (TPSA) is 83.5 Å². The summed E-state index contributed by atoms with van der Waals surface area (Å²) in [6, 6.07) is 2.93. The highest BCUT2D eigenvalue weighted by molar-refractivity contribution is 7.91. The van der Waals surface area contributed by atoms with Crippen LogP contribution in [0.3, 0.4) is 0 Å². The van der Waals surface area contributed by atoms with Crippen molar-refractivity contribution >= 4 is 38.9 Å². The van der Waals surface area contributed by atoms with Crippen molar-refractivity contribution in [2.45, 2.75) is 24.0 Å². The molecule has 8 heteroatoms. The molecule has 0 radical (unpaired) electrons. The highest BCUT2D eigenvalue weighted by atomic mass is 35.5. The van der Waals surface area contributed by atoms with Crippen LogP contribution in [-0.2, 0) is 14.8 Å². The van der Waals surface area contributed by atoms with Gasteiger partial charge in [0, 0.05) is 13.0 Å². The van der Waals surface area contributed by atoms with E-state index in [0.29, 0.717) is 10.8 Å². The summed E-state index contributed by atoms with van der Waals surface area (Å²) >= 11 is 6.64. The normalized spacial score (nSPS) is 13.4. The number of rotatable bonds is 7. The molecule has 0 fully saturated rings. The lowest BCUT2D eigenvalue weighted by Crippen LogP contribution is -2.29. The van der Waals surface area contributed by atoms with Crippen LogP contribution in [0.15, 0.2) is 16.3 Å². The molecule has 0 saturated carbocycles. The Hall–Kier alpha value is -0.630. The first-order chi connectivity index (χ1) is 8.35. The van der Waals surface area contributed by atoms with E-state index in [4.69, 9.17) is 16.7 Å². The first-order valence-corrected chi connectivity index (χ1v) is 7.99. The Labute approximate surface area is 115 Å². The van der Waals surface area contributed by atoms with Gasteiger partial charge in [0.25, 0.3) is 0 Å². The summed E-state index contributed by atoms with van der Waals surface area (Å²) in [5.74, 6) is -1.15. The number of sulfonamides is 1.